The number of aryl methyl sites for hydroxylation is 2. The summed E-state index contributed by atoms with van der Waals surface area (Å²) >= 11 is 0. The van der Waals surface area contributed by atoms with E-state index < -0.39 is 0 Å². The van der Waals surface area contributed by atoms with E-state index in [0.29, 0.717) is 12.1 Å². The maximum atomic E-state index is 12.6. The first-order valence-electron chi connectivity index (χ1n) is 8.81. The number of nitrogens with zero attached hydrogens (tertiary/aromatic N) is 2. The molecule has 0 saturated heterocycles. The van der Waals surface area contributed by atoms with Gasteiger partial charge in [0.2, 0.25) is 0 Å². The zero-order chi connectivity index (χ0) is 18.4. The van der Waals surface area contributed by atoms with Crippen molar-refractivity contribution in [2.75, 3.05) is 11.9 Å². The van der Waals surface area contributed by atoms with Crippen LogP contribution in [0.2, 0.25) is 0 Å². The molecule has 0 unspecified atom stereocenters. The molecule has 1 amide bonds. The van der Waals surface area contributed by atoms with E-state index in [1.807, 2.05) is 47.2 Å². The van der Waals surface area contributed by atoms with E-state index >= 15 is 0 Å². The minimum atomic E-state index is -0.0657. The van der Waals surface area contributed by atoms with Gasteiger partial charge in [-0.15, -0.1) is 0 Å². The highest BCUT2D eigenvalue weighted by atomic mass is 16.1. The summed E-state index contributed by atoms with van der Waals surface area (Å²) in [6.07, 6.45) is 6.32. The third-order valence-corrected chi connectivity index (χ3v) is 4.48. The van der Waals surface area contributed by atoms with Crippen molar-refractivity contribution in [3.8, 4) is 0 Å². The number of imidazole rings is 1. The molecule has 3 rings (SSSR count). The third-order valence-electron chi connectivity index (χ3n) is 4.48. The van der Waals surface area contributed by atoms with E-state index in [0.717, 1.165) is 24.3 Å². The summed E-state index contributed by atoms with van der Waals surface area (Å²) in [5.74, 6) is -0.0657. The predicted octanol–water partition coefficient (Wildman–Crippen LogP) is 4.06. The second kappa shape index (κ2) is 8.34. The summed E-state index contributed by atoms with van der Waals surface area (Å²) in [6.45, 7) is 5.62. The number of benzene rings is 2. The van der Waals surface area contributed by atoms with Gasteiger partial charge in [-0.05, 0) is 49.6 Å². The maximum Gasteiger partial charge on any atom is 0.253 e. The first-order chi connectivity index (χ1) is 12.6. The van der Waals surface area contributed by atoms with Gasteiger partial charge in [-0.1, -0.05) is 24.3 Å². The molecule has 2 N–H and O–H groups in total. The van der Waals surface area contributed by atoms with Crippen LogP contribution in [0.5, 0.6) is 0 Å². The summed E-state index contributed by atoms with van der Waals surface area (Å²) in [7, 11) is 0. The second-order valence-electron chi connectivity index (χ2n) is 6.33. The van der Waals surface area contributed by atoms with Crippen molar-refractivity contribution in [1.82, 2.24) is 14.9 Å². The van der Waals surface area contributed by atoms with Gasteiger partial charge in [-0.25, -0.2) is 4.98 Å². The Labute approximate surface area is 154 Å². The molecule has 0 saturated carbocycles. The van der Waals surface area contributed by atoms with Crippen LogP contribution < -0.4 is 10.6 Å². The monoisotopic (exact) mass is 348 g/mol. The highest BCUT2D eigenvalue weighted by Crippen LogP contribution is 2.25. The number of amides is 1. The van der Waals surface area contributed by atoms with Crippen molar-refractivity contribution < 1.29 is 4.79 Å². The van der Waals surface area contributed by atoms with E-state index in [1.54, 1.807) is 12.5 Å². The summed E-state index contributed by atoms with van der Waals surface area (Å²) in [5, 5.41) is 6.40. The molecule has 1 aromatic heterocycles. The smallest absolute Gasteiger partial charge is 0.253 e. The van der Waals surface area contributed by atoms with Crippen LogP contribution >= 0.6 is 0 Å². The third kappa shape index (κ3) is 4.30. The summed E-state index contributed by atoms with van der Waals surface area (Å²) in [4.78, 5) is 16.6. The molecule has 0 aliphatic heterocycles. The SMILES string of the molecule is Cc1cccc(Nc2ccccc2C(=O)NCCCn2ccnc2)c1C. The summed E-state index contributed by atoms with van der Waals surface area (Å²) in [6, 6.07) is 13.7. The standard InChI is InChI=1S/C21H24N4O/c1-16-7-5-10-19(17(16)2)24-20-9-4-3-8-18(20)21(26)23-11-6-13-25-14-12-22-15-25/h3-5,7-10,12,14-15,24H,6,11,13H2,1-2H3,(H,23,26). The summed E-state index contributed by atoms with van der Waals surface area (Å²) < 4.78 is 2.00. The Morgan fingerprint density at radius 3 is 2.69 bits per heavy atom. The molecule has 3 aromatic rings. The molecule has 5 heteroatoms. The number of carbonyl (C=O) groups excluding carboxylic acids is 1. The number of hydrogen-bond donors (Lipinski definition) is 2. The molecular formula is C21H24N4O. The molecule has 0 aliphatic carbocycles. The number of aromatic nitrogens is 2. The van der Waals surface area contributed by atoms with Crippen LogP contribution in [0.4, 0.5) is 11.4 Å². The number of nitrogens with one attached hydrogen (secondary N) is 2. The van der Waals surface area contributed by atoms with Gasteiger partial charge < -0.3 is 15.2 Å². The molecule has 0 radical (unpaired) electrons. The molecular weight excluding hydrogens is 324 g/mol. The van der Waals surface area contributed by atoms with Crippen LogP contribution in [0.15, 0.2) is 61.2 Å². The highest BCUT2D eigenvalue weighted by Gasteiger charge is 2.11. The summed E-state index contributed by atoms with van der Waals surface area (Å²) in [5.41, 5.74) is 4.88. The van der Waals surface area contributed by atoms with Crippen LogP contribution in [0.25, 0.3) is 0 Å². The minimum absolute atomic E-state index is 0.0657. The van der Waals surface area contributed by atoms with Crippen molar-refractivity contribution in [1.29, 1.82) is 0 Å². The number of carbonyl (C=O) groups is 1. The van der Waals surface area contributed by atoms with Crippen molar-refractivity contribution in [2.24, 2.45) is 0 Å². The average molecular weight is 348 g/mol. The van der Waals surface area contributed by atoms with Crippen LogP contribution in [0.3, 0.4) is 0 Å². The van der Waals surface area contributed by atoms with Crippen LogP contribution in [0, 0.1) is 13.8 Å². The predicted molar refractivity (Wildman–Crippen MR) is 105 cm³/mol. The van der Waals surface area contributed by atoms with Crippen LogP contribution in [-0.2, 0) is 6.54 Å². The zero-order valence-electron chi connectivity index (χ0n) is 15.2. The van der Waals surface area contributed by atoms with Gasteiger partial charge in [0.05, 0.1) is 17.6 Å². The molecule has 0 spiro atoms. The molecule has 0 aliphatic rings. The average Bonchev–Trinajstić information content (AvgIpc) is 3.16. The number of hydrogen-bond acceptors (Lipinski definition) is 3. The fraction of sp³-hybridized carbons (Fsp3) is 0.238. The van der Waals surface area contributed by atoms with Crippen molar-refractivity contribution in [3.63, 3.8) is 0 Å². The molecule has 26 heavy (non-hydrogen) atoms. The fourth-order valence-corrected chi connectivity index (χ4v) is 2.80. The van der Waals surface area contributed by atoms with Crippen molar-refractivity contribution >= 4 is 17.3 Å². The van der Waals surface area contributed by atoms with E-state index in [2.05, 4.69) is 35.5 Å². The topological polar surface area (TPSA) is 59.0 Å². The van der Waals surface area contributed by atoms with Crippen LogP contribution in [0.1, 0.15) is 27.9 Å². The van der Waals surface area contributed by atoms with Crippen LogP contribution in [-0.4, -0.2) is 22.0 Å². The largest absolute Gasteiger partial charge is 0.355 e. The highest BCUT2D eigenvalue weighted by molar-refractivity contribution is 6.00. The Hall–Kier alpha value is -3.08. The molecule has 2 aromatic carbocycles. The quantitative estimate of drug-likeness (QED) is 0.633. The number of para-hydroxylation sites is 1. The Balaban J connectivity index is 1.64. The van der Waals surface area contributed by atoms with Crippen molar-refractivity contribution in [3.05, 3.63) is 77.9 Å². The Morgan fingerprint density at radius 1 is 1.08 bits per heavy atom. The van der Waals surface area contributed by atoms with Crippen molar-refractivity contribution in [2.45, 2.75) is 26.8 Å². The Morgan fingerprint density at radius 2 is 1.88 bits per heavy atom. The Bertz CT molecular complexity index is 871. The lowest BCUT2D eigenvalue weighted by molar-refractivity contribution is 0.0953. The van der Waals surface area contributed by atoms with Gasteiger partial charge >= 0.3 is 0 Å². The normalized spacial score (nSPS) is 10.5. The van der Waals surface area contributed by atoms with Gasteiger partial charge in [-0.3, -0.25) is 4.79 Å². The van der Waals surface area contributed by atoms with Gasteiger partial charge in [0, 0.05) is 31.2 Å². The molecule has 0 fully saturated rings. The van der Waals surface area contributed by atoms with E-state index in [-0.39, 0.29) is 5.91 Å². The van der Waals surface area contributed by atoms with E-state index in [9.17, 15) is 4.79 Å². The number of rotatable bonds is 7. The Kier molecular flexibility index (Phi) is 5.69. The second-order valence-corrected chi connectivity index (χ2v) is 6.33. The molecule has 0 bridgehead atoms. The van der Waals surface area contributed by atoms with Gasteiger partial charge in [0.25, 0.3) is 5.91 Å². The molecule has 134 valence electrons. The van der Waals surface area contributed by atoms with Gasteiger partial charge in [0.15, 0.2) is 0 Å². The molecule has 5 nitrogen and oxygen atoms in total. The maximum absolute atomic E-state index is 12.6. The minimum Gasteiger partial charge on any atom is -0.355 e. The van der Waals surface area contributed by atoms with Gasteiger partial charge in [-0.2, -0.15) is 0 Å². The number of anilines is 2. The lowest BCUT2D eigenvalue weighted by atomic mass is 10.1. The first-order valence-corrected chi connectivity index (χ1v) is 8.81. The fourth-order valence-electron chi connectivity index (χ4n) is 2.80. The molecule has 1 heterocycles. The first kappa shape index (κ1) is 17.7. The van der Waals surface area contributed by atoms with E-state index in [4.69, 9.17) is 0 Å². The van der Waals surface area contributed by atoms with E-state index in [1.165, 1.54) is 11.1 Å². The molecule has 0 atom stereocenters. The van der Waals surface area contributed by atoms with Gasteiger partial charge in [0.1, 0.15) is 0 Å². The zero-order valence-corrected chi connectivity index (χ0v) is 15.2. The lowest BCUT2D eigenvalue weighted by Gasteiger charge is -2.15. The lowest BCUT2D eigenvalue weighted by Crippen LogP contribution is -2.26.